The van der Waals surface area contributed by atoms with Crippen molar-refractivity contribution in [2.45, 2.75) is 89.3 Å². The number of esters is 2. The van der Waals surface area contributed by atoms with Crippen LogP contribution >= 0.6 is 0 Å². The molecule has 0 aromatic rings. The summed E-state index contributed by atoms with van der Waals surface area (Å²) in [5.74, 6) is -0.316. The van der Waals surface area contributed by atoms with Crippen molar-refractivity contribution in [2.75, 3.05) is 0 Å². The molecule has 0 aromatic carbocycles. The SMILES string of the molecule is O=CC1CCC(OC(=O)C2CCC(C(=O)OC3CCC(C=O)CC3)CC2)CC1. The van der Waals surface area contributed by atoms with E-state index in [1.54, 1.807) is 0 Å². The Morgan fingerprint density at radius 2 is 0.857 bits per heavy atom. The van der Waals surface area contributed by atoms with Crippen molar-refractivity contribution in [1.29, 1.82) is 0 Å². The van der Waals surface area contributed by atoms with Crippen LogP contribution in [0.1, 0.15) is 77.0 Å². The molecule has 28 heavy (non-hydrogen) atoms. The van der Waals surface area contributed by atoms with Gasteiger partial charge in [-0.3, -0.25) is 9.59 Å². The van der Waals surface area contributed by atoms with Gasteiger partial charge in [-0.05, 0) is 77.0 Å². The third kappa shape index (κ3) is 5.65. The van der Waals surface area contributed by atoms with Crippen LogP contribution in [0.3, 0.4) is 0 Å². The van der Waals surface area contributed by atoms with Crippen LogP contribution in [0, 0.1) is 23.7 Å². The van der Waals surface area contributed by atoms with Crippen molar-refractivity contribution in [3.05, 3.63) is 0 Å². The van der Waals surface area contributed by atoms with Crippen molar-refractivity contribution >= 4 is 24.5 Å². The van der Waals surface area contributed by atoms with Gasteiger partial charge in [-0.15, -0.1) is 0 Å². The van der Waals surface area contributed by atoms with E-state index in [-0.39, 0.29) is 47.8 Å². The van der Waals surface area contributed by atoms with Crippen LogP contribution in [0.25, 0.3) is 0 Å². The highest BCUT2D eigenvalue weighted by Crippen LogP contribution is 2.33. The largest absolute Gasteiger partial charge is 0.462 e. The van der Waals surface area contributed by atoms with E-state index in [4.69, 9.17) is 9.47 Å². The van der Waals surface area contributed by atoms with E-state index in [0.29, 0.717) is 25.7 Å². The number of ether oxygens (including phenoxy) is 2. The van der Waals surface area contributed by atoms with Gasteiger partial charge < -0.3 is 19.1 Å². The Balaban J connectivity index is 1.35. The molecule has 0 N–H and O–H groups in total. The van der Waals surface area contributed by atoms with Crippen molar-refractivity contribution in [2.24, 2.45) is 23.7 Å². The van der Waals surface area contributed by atoms with Crippen LogP contribution < -0.4 is 0 Å². The van der Waals surface area contributed by atoms with Crippen LogP contribution in [0.2, 0.25) is 0 Å². The van der Waals surface area contributed by atoms with E-state index in [9.17, 15) is 19.2 Å². The second-order valence-electron chi connectivity index (χ2n) is 8.77. The van der Waals surface area contributed by atoms with E-state index < -0.39 is 0 Å². The predicted molar refractivity (Wildman–Crippen MR) is 101 cm³/mol. The molecule has 3 fully saturated rings. The van der Waals surface area contributed by atoms with Gasteiger partial charge in [0.15, 0.2) is 0 Å². The molecule has 0 unspecified atom stereocenters. The Morgan fingerprint density at radius 3 is 1.14 bits per heavy atom. The molecule has 156 valence electrons. The first-order chi connectivity index (χ1) is 13.6. The number of carbonyl (C=O) groups is 4. The van der Waals surface area contributed by atoms with Crippen molar-refractivity contribution in [3.63, 3.8) is 0 Å². The second kappa shape index (κ2) is 10.2. The second-order valence-corrected chi connectivity index (χ2v) is 8.77. The Morgan fingerprint density at radius 1 is 0.536 bits per heavy atom. The van der Waals surface area contributed by atoms with Crippen LogP contribution in [-0.4, -0.2) is 36.7 Å². The normalized spacial score (nSPS) is 36.1. The molecular weight excluding hydrogens is 360 g/mol. The Labute approximate surface area is 166 Å². The zero-order valence-electron chi connectivity index (χ0n) is 16.6. The zero-order chi connectivity index (χ0) is 19.9. The first-order valence-electron chi connectivity index (χ1n) is 10.9. The summed E-state index contributed by atoms with van der Waals surface area (Å²) in [6.07, 6.45) is 10.8. The standard InChI is InChI=1S/C22H32O6/c23-13-15-1-9-19(10-2-15)27-21(25)17-5-7-18(8-6-17)22(26)28-20-11-3-16(14-24)4-12-20/h13-20H,1-12H2. The molecule has 0 aliphatic heterocycles. The van der Waals surface area contributed by atoms with E-state index in [1.807, 2.05) is 0 Å². The van der Waals surface area contributed by atoms with Crippen LogP contribution in [0.15, 0.2) is 0 Å². The maximum Gasteiger partial charge on any atom is 0.309 e. The highest BCUT2D eigenvalue weighted by molar-refractivity contribution is 5.75. The number of rotatable bonds is 6. The van der Waals surface area contributed by atoms with Gasteiger partial charge in [0.1, 0.15) is 24.8 Å². The minimum absolute atomic E-state index is 0.0621. The van der Waals surface area contributed by atoms with Gasteiger partial charge in [-0.2, -0.15) is 0 Å². The van der Waals surface area contributed by atoms with E-state index in [0.717, 1.165) is 63.9 Å². The fourth-order valence-electron chi connectivity index (χ4n) is 4.77. The topological polar surface area (TPSA) is 86.7 Å². The first kappa shape index (κ1) is 21.0. The van der Waals surface area contributed by atoms with Gasteiger partial charge in [0.05, 0.1) is 11.8 Å². The highest BCUT2D eigenvalue weighted by Gasteiger charge is 2.34. The number of hydrogen-bond acceptors (Lipinski definition) is 6. The molecule has 0 heterocycles. The average molecular weight is 392 g/mol. The molecule has 3 aliphatic rings. The van der Waals surface area contributed by atoms with Crippen molar-refractivity contribution in [3.8, 4) is 0 Å². The van der Waals surface area contributed by atoms with E-state index in [2.05, 4.69) is 0 Å². The Kier molecular flexibility index (Phi) is 7.63. The highest BCUT2D eigenvalue weighted by atomic mass is 16.5. The first-order valence-corrected chi connectivity index (χ1v) is 10.9. The molecular formula is C22H32O6. The van der Waals surface area contributed by atoms with Gasteiger partial charge in [0.25, 0.3) is 0 Å². The summed E-state index contributed by atoms with van der Waals surface area (Å²) in [6.45, 7) is 0. The van der Waals surface area contributed by atoms with Crippen molar-refractivity contribution in [1.82, 2.24) is 0 Å². The summed E-state index contributed by atoms with van der Waals surface area (Å²) in [5, 5.41) is 0. The lowest BCUT2D eigenvalue weighted by Crippen LogP contribution is -2.33. The lowest BCUT2D eigenvalue weighted by Gasteiger charge is -2.31. The van der Waals surface area contributed by atoms with Crippen LogP contribution in [0.4, 0.5) is 0 Å². The van der Waals surface area contributed by atoms with Gasteiger partial charge in [-0.25, -0.2) is 0 Å². The number of hydrogen-bond donors (Lipinski definition) is 0. The summed E-state index contributed by atoms with van der Waals surface area (Å²) < 4.78 is 11.3. The maximum atomic E-state index is 12.4. The van der Waals surface area contributed by atoms with Gasteiger partial charge >= 0.3 is 11.9 Å². The van der Waals surface area contributed by atoms with Crippen LogP contribution in [0.5, 0.6) is 0 Å². The molecule has 3 rings (SSSR count). The summed E-state index contributed by atoms with van der Waals surface area (Å²) in [5.41, 5.74) is 0. The van der Waals surface area contributed by atoms with Crippen LogP contribution in [-0.2, 0) is 28.7 Å². The monoisotopic (exact) mass is 392 g/mol. The molecule has 0 aromatic heterocycles. The van der Waals surface area contributed by atoms with E-state index in [1.165, 1.54) is 0 Å². The summed E-state index contributed by atoms with van der Waals surface area (Å²) in [4.78, 5) is 46.5. The molecule has 0 spiro atoms. The average Bonchev–Trinajstić information content (AvgIpc) is 2.75. The summed E-state index contributed by atoms with van der Waals surface area (Å²) >= 11 is 0. The molecule has 3 aliphatic carbocycles. The molecule has 0 bridgehead atoms. The fourth-order valence-corrected chi connectivity index (χ4v) is 4.77. The zero-order valence-corrected chi connectivity index (χ0v) is 16.6. The molecule has 0 radical (unpaired) electrons. The molecule has 6 heteroatoms. The molecule has 0 atom stereocenters. The minimum atomic E-state index is -0.145. The number of aldehydes is 2. The summed E-state index contributed by atoms with van der Waals surface area (Å²) in [7, 11) is 0. The third-order valence-electron chi connectivity index (χ3n) is 6.78. The third-order valence-corrected chi connectivity index (χ3v) is 6.78. The van der Waals surface area contributed by atoms with Crippen molar-refractivity contribution < 1.29 is 28.7 Å². The van der Waals surface area contributed by atoms with Gasteiger partial charge in [-0.1, -0.05) is 0 Å². The Bertz CT molecular complexity index is 499. The summed E-state index contributed by atoms with van der Waals surface area (Å²) in [6, 6.07) is 0. The molecule has 6 nitrogen and oxygen atoms in total. The lowest BCUT2D eigenvalue weighted by atomic mass is 9.81. The Hall–Kier alpha value is -1.72. The maximum absolute atomic E-state index is 12.4. The lowest BCUT2D eigenvalue weighted by molar-refractivity contribution is -0.162. The predicted octanol–water partition coefficient (Wildman–Crippen LogP) is 3.39. The quantitative estimate of drug-likeness (QED) is 0.509. The smallest absolute Gasteiger partial charge is 0.309 e. The van der Waals surface area contributed by atoms with Gasteiger partial charge in [0.2, 0.25) is 0 Å². The van der Waals surface area contributed by atoms with Gasteiger partial charge in [0, 0.05) is 11.8 Å². The number of carbonyl (C=O) groups excluding carboxylic acids is 4. The fraction of sp³-hybridized carbons (Fsp3) is 0.818. The molecule has 0 saturated heterocycles. The van der Waals surface area contributed by atoms with E-state index >= 15 is 0 Å². The molecule has 0 amide bonds. The minimum Gasteiger partial charge on any atom is -0.462 e. The molecule has 3 saturated carbocycles.